The fraction of sp³-hybridized carbons (Fsp3) is 0.545. The molecule has 0 saturated carbocycles. The van der Waals surface area contributed by atoms with E-state index in [9.17, 15) is 19.2 Å². The van der Waals surface area contributed by atoms with Crippen LogP contribution in [0.3, 0.4) is 0 Å². The van der Waals surface area contributed by atoms with Crippen molar-refractivity contribution < 1.29 is 33.4 Å². The first-order valence-electron chi connectivity index (χ1n) is 9.86. The Balaban J connectivity index is 1.78. The van der Waals surface area contributed by atoms with Gasteiger partial charge >= 0.3 is 24.0 Å². The lowest BCUT2D eigenvalue weighted by molar-refractivity contribution is -0.178. The number of esters is 3. The Bertz CT molecular complexity index is 823. The maximum Gasteiger partial charge on any atom is 0.422 e. The second-order valence-corrected chi connectivity index (χ2v) is 8.89. The fourth-order valence-electron chi connectivity index (χ4n) is 2.80. The molecule has 1 heterocycles. The molecule has 0 fully saturated rings. The number of fused-ring (bicyclic) bond motifs is 1. The molecule has 30 heavy (non-hydrogen) atoms. The SMILES string of the molecule is CC(C)(C)C(=O)OCOC(=O)C(C)(C)CCC(=O)OC(=O)N1CCc2ccccc21. The number of ether oxygens (including phenoxy) is 3. The second-order valence-electron chi connectivity index (χ2n) is 8.89. The minimum absolute atomic E-state index is 0.113. The summed E-state index contributed by atoms with van der Waals surface area (Å²) in [6, 6.07) is 7.44. The summed E-state index contributed by atoms with van der Waals surface area (Å²) in [6.45, 7) is 8.24. The van der Waals surface area contributed by atoms with E-state index in [0.717, 1.165) is 11.3 Å². The van der Waals surface area contributed by atoms with Crippen LogP contribution in [0, 0.1) is 10.8 Å². The Labute approximate surface area is 176 Å². The van der Waals surface area contributed by atoms with Gasteiger partial charge in [-0.1, -0.05) is 18.2 Å². The Morgan fingerprint density at radius 2 is 1.60 bits per heavy atom. The molecule has 2 rings (SSSR count). The van der Waals surface area contributed by atoms with Crippen LogP contribution >= 0.6 is 0 Å². The normalized spacial score (nSPS) is 13.4. The third kappa shape index (κ3) is 6.05. The molecular weight excluding hydrogens is 390 g/mol. The summed E-state index contributed by atoms with van der Waals surface area (Å²) in [5.74, 6) is -1.82. The first-order valence-corrected chi connectivity index (χ1v) is 9.86. The van der Waals surface area contributed by atoms with Crippen molar-refractivity contribution in [2.45, 2.75) is 53.9 Å². The van der Waals surface area contributed by atoms with Crippen LogP contribution in [0.2, 0.25) is 0 Å². The molecule has 0 atom stereocenters. The molecule has 8 nitrogen and oxygen atoms in total. The van der Waals surface area contributed by atoms with Gasteiger partial charge < -0.3 is 14.2 Å². The summed E-state index contributed by atoms with van der Waals surface area (Å²) >= 11 is 0. The van der Waals surface area contributed by atoms with Gasteiger partial charge in [0.05, 0.1) is 16.5 Å². The highest BCUT2D eigenvalue weighted by Crippen LogP contribution is 2.29. The number of benzene rings is 1. The van der Waals surface area contributed by atoms with Gasteiger partial charge in [-0.2, -0.15) is 0 Å². The van der Waals surface area contributed by atoms with Crippen LogP contribution in [-0.2, 0) is 35.0 Å². The zero-order valence-corrected chi connectivity index (χ0v) is 18.1. The van der Waals surface area contributed by atoms with Crippen molar-refractivity contribution in [2.75, 3.05) is 18.2 Å². The largest absolute Gasteiger partial charge is 0.427 e. The molecule has 1 aliphatic rings. The number of para-hydroxylation sites is 1. The first-order chi connectivity index (χ1) is 13.9. The average Bonchev–Trinajstić information content (AvgIpc) is 3.09. The van der Waals surface area contributed by atoms with E-state index < -0.39 is 41.6 Å². The zero-order chi connectivity index (χ0) is 22.5. The first kappa shape index (κ1) is 23.4. The zero-order valence-electron chi connectivity index (χ0n) is 18.1. The van der Waals surface area contributed by atoms with E-state index in [2.05, 4.69) is 0 Å². The highest BCUT2D eigenvalue weighted by atomic mass is 16.7. The molecule has 0 aromatic heterocycles. The summed E-state index contributed by atoms with van der Waals surface area (Å²) < 4.78 is 14.9. The Morgan fingerprint density at radius 1 is 0.967 bits per heavy atom. The van der Waals surface area contributed by atoms with Crippen molar-refractivity contribution in [3.8, 4) is 0 Å². The maximum absolute atomic E-state index is 12.3. The summed E-state index contributed by atoms with van der Waals surface area (Å²) in [4.78, 5) is 49.8. The van der Waals surface area contributed by atoms with E-state index in [1.807, 2.05) is 18.2 Å². The molecule has 0 radical (unpaired) electrons. The summed E-state index contributed by atoms with van der Waals surface area (Å²) in [6.07, 6.45) is -0.0373. The fourth-order valence-corrected chi connectivity index (χ4v) is 2.80. The minimum atomic E-state index is -1.02. The van der Waals surface area contributed by atoms with E-state index in [1.165, 1.54) is 4.90 Å². The Hall–Kier alpha value is -2.90. The molecule has 1 aliphatic heterocycles. The van der Waals surface area contributed by atoms with Crippen molar-refractivity contribution in [3.05, 3.63) is 29.8 Å². The average molecular weight is 419 g/mol. The number of carbonyl (C=O) groups excluding carboxylic acids is 4. The van der Waals surface area contributed by atoms with Gasteiger partial charge in [-0.25, -0.2) is 4.79 Å². The molecule has 1 aromatic rings. The number of amides is 1. The maximum atomic E-state index is 12.3. The van der Waals surface area contributed by atoms with Gasteiger partial charge in [0.25, 0.3) is 0 Å². The predicted molar refractivity (Wildman–Crippen MR) is 109 cm³/mol. The standard InChI is InChI=1S/C22H29NO7/c1-21(2,3)18(25)28-14-29-19(26)22(4,5)12-10-17(24)30-20(27)23-13-11-15-8-6-7-9-16(15)23/h6-9H,10-14H2,1-5H3. The van der Waals surface area contributed by atoms with Crippen LogP contribution in [0.15, 0.2) is 24.3 Å². The van der Waals surface area contributed by atoms with Crippen LogP contribution in [0.1, 0.15) is 53.0 Å². The summed E-state index contributed by atoms with van der Waals surface area (Å²) in [5, 5.41) is 0. The van der Waals surface area contributed by atoms with Gasteiger partial charge in [-0.05, 0) is 59.1 Å². The predicted octanol–water partition coefficient (Wildman–Crippen LogP) is 3.61. The molecule has 1 amide bonds. The lowest BCUT2D eigenvalue weighted by Gasteiger charge is -2.23. The van der Waals surface area contributed by atoms with Crippen LogP contribution < -0.4 is 4.90 Å². The molecule has 164 valence electrons. The highest BCUT2D eigenvalue weighted by molar-refractivity contribution is 5.96. The molecule has 8 heteroatoms. The van der Waals surface area contributed by atoms with E-state index in [0.29, 0.717) is 13.0 Å². The number of hydrogen-bond donors (Lipinski definition) is 0. The van der Waals surface area contributed by atoms with Crippen LogP contribution in [0.5, 0.6) is 0 Å². The van der Waals surface area contributed by atoms with E-state index in [4.69, 9.17) is 14.2 Å². The van der Waals surface area contributed by atoms with Gasteiger partial charge in [0.1, 0.15) is 0 Å². The lowest BCUT2D eigenvalue weighted by Crippen LogP contribution is -2.33. The van der Waals surface area contributed by atoms with Crippen molar-refractivity contribution in [1.82, 2.24) is 0 Å². The Morgan fingerprint density at radius 3 is 2.27 bits per heavy atom. The summed E-state index contributed by atoms with van der Waals surface area (Å²) in [5.41, 5.74) is 0.0480. The molecule has 0 bridgehead atoms. The van der Waals surface area contributed by atoms with Gasteiger partial charge in [0.2, 0.25) is 6.79 Å². The lowest BCUT2D eigenvalue weighted by atomic mass is 9.88. The van der Waals surface area contributed by atoms with Crippen molar-refractivity contribution in [1.29, 1.82) is 0 Å². The van der Waals surface area contributed by atoms with Crippen molar-refractivity contribution in [3.63, 3.8) is 0 Å². The monoisotopic (exact) mass is 419 g/mol. The minimum Gasteiger partial charge on any atom is -0.427 e. The van der Waals surface area contributed by atoms with Crippen molar-refractivity contribution in [2.24, 2.45) is 10.8 Å². The third-order valence-electron chi connectivity index (χ3n) is 4.81. The third-order valence-corrected chi connectivity index (χ3v) is 4.81. The number of nitrogens with zero attached hydrogens (tertiary/aromatic N) is 1. The quantitative estimate of drug-likeness (QED) is 0.394. The molecule has 0 spiro atoms. The topological polar surface area (TPSA) is 99.2 Å². The summed E-state index contributed by atoms with van der Waals surface area (Å²) in [7, 11) is 0. The van der Waals surface area contributed by atoms with Crippen LogP contribution in [-0.4, -0.2) is 37.3 Å². The molecule has 0 saturated heterocycles. The van der Waals surface area contributed by atoms with Crippen LogP contribution in [0.4, 0.5) is 10.5 Å². The van der Waals surface area contributed by atoms with Crippen molar-refractivity contribution >= 4 is 29.7 Å². The van der Waals surface area contributed by atoms with Gasteiger partial charge in [-0.15, -0.1) is 0 Å². The second kappa shape index (κ2) is 9.28. The number of carbonyl (C=O) groups is 4. The van der Waals surface area contributed by atoms with E-state index in [1.54, 1.807) is 40.7 Å². The molecule has 0 N–H and O–H groups in total. The highest BCUT2D eigenvalue weighted by Gasteiger charge is 2.32. The number of hydrogen-bond acceptors (Lipinski definition) is 7. The number of anilines is 1. The molecular formula is C22H29NO7. The molecule has 1 aromatic carbocycles. The molecule has 0 aliphatic carbocycles. The van der Waals surface area contributed by atoms with Gasteiger partial charge in [0.15, 0.2) is 0 Å². The number of rotatable bonds is 6. The molecule has 0 unspecified atom stereocenters. The van der Waals surface area contributed by atoms with Crippen LogP contribution in [0.25, 0.3) is 0 Å². The van der Waals surface area contributed by atoms with Gasteiger partial charge in [-0.3, -0.25) is 19.3 Å². The van der Waals surface area contributed by atoms with E-state index in [-0.39, 0.29) is 12.8 Å². The Kier molecular flexibility index (Phi) is 7.23. The van der Waals surface area contributed by atoms with E-state index >= 15 is 0 Å². The van der Waals surface area contributed by atoms with Gasteiger partial charge in [0, 0.05) is 13.0 Å². The smallest absolute Gasteiger partial charge is 0.422 e.